The lowest BCUT2D eigenvalue weighted by molar-refractivity contribution is -0.123. The Morgan fingerprint density at radius 2 is 1.79 bits per heavy atom. The molecule has 0 radical (unpaired) electrons. The Bertz CT molecular complexity index is 918. The molecule has 28 heavy (non-hydrogen) atoms. The molecule has 0 aliphatic rings. The number of Topliss-reactive ketones (excluding diaryl/α,β-unsaturated/α-hetero) is 1. The molecule has 0 spiro atoms. The maximum Gasteiger partial charge on any atom is 0.258 e. The lowest BCUT2D eigenvalue weighted by atomic mass is 10.1. The number of ether oxygens (including phenoxy) is 1. The number of ketones is 1. The highest BCUT2D eigenvalue weighted by molar-refractivity contribution is 5.77. The second-order valence-electron chi connectivity index (χ2n) is 6.54. The van der Waals surface area contributed by atoms with Gasteiger partial charge in [-0.2, -0.15) is 5.10 Å². The third-order valence-electron chi connectivity index (χ3n) is 4.21. The van der Waals surface area contributed by atoms with Gasteiger partial charge >= 0.3 is 0 Å². The fraction of sp³-hybridized carbons (Fsp3) is 0.227. The Kier molecular flexibility index (Phi) is 6.57. The van der Waals surface area contributed by atoms with Crippen LogP contribution >= 0.6 is 0 Å². The van der Waals surface area contributed by atoms with Crippen LogP contribution in [0.2, 0.25) is 0 Å². The monoisotopic (exact) mass is 377 g/mol. The van der Waals surface area contributed by atoms with E-state index in [4.69, 9.17) is 4.74 Å². The van der Waals surface area contributed by atoms with E-state index >= 15 is 0 Å². The van der Waals surface area contributed by atoms with Gasteiger partial charge in [-0.3, -0.25) is 4.79 Å². The van der Waals surface area contributed by atoms with E-state index in [1.165, 1.54) is 0 Å². The second kappa shape index (κ2) is 9.50. The van der Waals surface area contributed by atoms with E-state index < -0.39 is 0 Å². The number of aromatic nitrogens is 2. The van der Waals surface area contributed by atoms with Crippen molar-refractivity contribution in [2.75, 3.05) is 6.61 Å². The van der Waals surface area contributed by atoms with Crippen LogP contribution in [0.5, 0.6) is 5.75 Å². The molecule has 0 unspecified atom stereocenters. The lowest BCUT2D eigenvalue weighted by Gasteiger charge is -2.07. The van der Waals surface area contributed by atoms with Crippen LogP contribution in [0.15, 0.2) is 67.0 Å². The van der Waals surface area contributed by atoms with Crippen molar-refractivity contribution in [3.05, 3.63) is 78.1 Å². The third-order valence-corrected chi connectivity index (χ3v) is 4.21. The normalized spacial score (nSPS) is 10.5. The molecule has 3 aromatic rings. The Labute approximate surface area is 164 Å². The van der Waals surface area contributed by atoms with Gasteiger partial charge in [0.2, 0.25) is 0 Å². The number of hydrogen-bond acceptors (Lipinski definition) is 4. The molecule has 1 heterocycles. The van der Waals surface area contributed by atoms with Crippen molar-refractivity contribution >= 4 is 11.7 Å². The predicted molar refractivity (Wildman–Crippen MR) is 106 cm³/mol. The van der Waals surface area contributed by atoms with Crippen molar-refractivity contribution < 1.29 is 14.3 Å². The zero-order chi connectivity index (χ0) is 19.8. The minimum absolute atomic E-state index is 0.0559. The molecule has 6 heteroatoms. The summed E-state index contributed by atoms with van der Waals surface area (Å²) in [4.78, 5) is 23.0. The van der Waals surface area contributed by atoms with E-state index in [9.17, 15) is 9.59 Å². The summed E-state index contributed by atoms with van der Waals surface area (Å²) in [6.45, 7) is 1.92. The van der Waals surface area contributed by atoms with Crippen LogP contribution in [-0.4, -0.2) is 28.1 Å². The summed E-state index contributed by atoms with van der Waals surface area (Å²) in [6.07, 6.45) is 4.86. The first kappa shape index (κ1) is 19.4. The molecule has 3 rings (SSSR count). The molecule has 0 saturated heterocycles. The van der Waals surface area contributed by atoms with Gasteiger partial charge in [0.15, 0.2) is 6.61 Å². The molecular formula is C22H23N3O3. The first-order valence-corrected chi connectivity index (χ1v) is 9.17. The van der Waals surface area contributed by atoms with E-state index in [0.29, 0.717) is 25.1 Å². The molecule has 0 aliphatic carbocycles. The highest BCUT2D eigenvalue weighted by atomic mass is 16.5. The maximum absolute atomic E-state index is 12.0. The third kappa shape index (κ3) is 5.81. The molecule has 6 nitrogen and oxygen atoms in total. The molecular weight excluding hydrogens is 354 g/mol. The first-order chi connectivity index (χ1) is 13.6. The first-order valence-electron chi connectivity index (χ1n) is 9.17. The fourth-order valence-corrected chi connectivity index (χ4v) is 2.65. The number of carbonyl (C=O) groups excluding carboxylic acids is 2. The Hall–Kier alpha value is -3.41. The molecule has 144 valence electrons. The van der Waals surface area contributed by atoms with Gasteiger partial charge in [0.05, 0.1) is 11.9 Å². The van der Waals surface area contributed by atoms with Gasteiger partial charge in [0.1, 0.15) is 11.5 Å². The van der Waals surface area contributed by atoms with Gasteiger partial charge in [-0.1, -0.05) is 30.3 Å². The molecule has 1 amide bonds. The summed E-state index contributed by atoms with van der Waals surface area (Å²) in [5, 5.41) is 7.13. The predicted octanol–water partition coefficient (Wildman–Crippen LogP) is 3.09. The van der Waals surface area contributed by atoms with Gasteiger partial charge in [0, 0.05) is 24.7 Å². The average molecular weight is 377 g/mol. The van der Waals surface area contributed by atoms with E-state index in [2.05, 4.69) is 10.4 Å². The Morgan fingerprint density at radius 1 is 1.04 bits per heavy atom. The minimum atomic E-state index is -0.201. The van der Waals surface area contributed by atoms with Crippen LogP contribution in [-0.2, 0) is 22.6 Å². The molecule has 0 fully saturated rings. The van der Waals surface area contributed by atoms with Gasteiger partial charge < -0.3 is 14.8 Å². The standard InChI is InChI=1S/C22H23N3O3/c1-17(26)7-8-18-9-11-21(12-10-18)28-16-22(27)23-13-19-14-24-25(15-19)20-5-3-2-4-6-20/h2-6,9-12,14-15H,7-8,13,16H2,1H3,(H,23,27). The topological polar surface area (TPSA) is 73.2 Å². The van der Waals surface area contributed by atoms with Crippen LogP contribution in [0.25, 0.3) is 5.69 Å². The zero-order valence-electron chi connectivity index (χ0n) is 15.8. The molecule has 1 N–H and O–H groups in total. The number of aryl methyl sites for hydroxylation is 1. The molecule has 0 bridgehead atoms. The van der Waals surface area contributed by atoms with Crippen LogP contribution in [0.3, 0.4) is 0 Å². The van der Waals surface area contributed by atoms with Crippen molar-refractivity contribution in [2.24, 2.45) is 0 Å². The number of benzene rings is 2. The SMILES string of the molecule is CC(=O)CCc1ccc(OCC(=O)NCc2cnn(-c3ccccc3)c2)cc1. The Balaban J connectivity index is 1.42. The van der Waals surface area contributed by atoms with Crippen LogP contribution in [0, 0.1) is 0 Å². The van der Waals surface area contributed by atoms with Crippen molar-refractivity contribution in [3.63, 3.8) is 0 Å². The number of hydrogen-bond donors (Lipinski definition) is 1. The number of rotatable bonds is 9. The van der Waals surface area contributed by atoms with Crippen LogP contribution in [0.4, 0.5) is 0 Å². The average Bonchev–Trinajstić information content (AvgIpc) is 3.20. The molecule has 2 aromatic carbocycles. The lowest BCUT2D eigenvalue weighted by Crippen LogP contribution is -2.28. The minimum Gasteiger partial charge on any atom is -0.484 e. The van der Waals surface area contributed by atoms with E-state index in [1.54, 1.807) is 17.8 Å². The quantitative estimate of drug-likeness (QED) is 0.622. The highest BCUT2D eigenvalue weighted by Gasteiger charge is 2.06. The summed E-state index contributed by atoms with van der Waals surface area (Å²) in [5.74, 6) is 0.595. The highest BCUT2D eigenvalue weighted by Crippen LogP contribution is 2.13. The second-order valence-corrected chi connectivity index (χ2v) is 6.54. The van der Waals surface area contributed by atoms with E-state index in [0.717, 1.165) is 16.8 Å². The Morgan fingerprint density at radius 3 is 2.50 bits per heavy atom. The maximum atomic E-state index is 12.0. The molecule has 0 aliphatic heterocycles. The van der Waals surface area contributed by atoms with Crippen molar-refractivity contribution in [1.29, 1.82) is 0 Å². The van der Waals surface area contributed by atoms with Crippen molar-refractivity contribution in [2.45, 2.75) is 26.3 Å². The summed E-state index contributed by atoms with van der Waals surface area (Å²) < 4.78 is 7.28. The van der Waals surface area contributed by atoms with Crippen molar-refractivity contribution in [1.82, 2.24) is 15.1 Å². The summed E-state index contributed by atoms with van der Waals surface area (Å²) in [7, 11) is 0. The number of carbonyl (C=O) groups is 2. The molecule has 0 atom stereocenters. The van der Waals surface area contributed by atoms with E-state index in [-0.39, 0.29) is 18.3 Å². The summed E-state index contributed by atoms with van der Waals surface area (Å²) >= 11 is 0. The van der Waals surface area contributed by atoms with Gasteiger partial charge in [-0.25, -0.2) is 4.68 Å². The molecule has 0 saturated carbocycles. The number of nitrogens with one attached hydrogen (secondary N) is 1. The summed E-state index contributed by atoms with van der Waals surface area (Å²) in [5.41, 5.74) is 2.95. The van der Waals surface area contributed by atoms with Crippen LogP contribution in [0.1, 0.15) is 24.5 Å². The zero-order valence-corrected chi connectivity index (χ0v) is 15.8. The van der Waals surface area contributed by atoms with Crippen LogP contribution < -0.4 is 10.1 Å². The smallest absolute Gasteiger partial charge is 0.258 e. The number of amides is 1. The summed E-state index contributed by atoms with van der Waals surface area (Å²) in [6, 6.07) is 17.2. The van der Waals surface area contributed by atoms with E-state index in [1.807, 2.05) is 60.8 Å². The number of nitrogens with zero attached hydrogens (tertiary/aromatic N) is 2. The van der Waals surface area contributed by atoms with Gasteiger partial charge in [-0.05, 0) is 43.2 Å². The van der Waals surface area contributed by atoms with Gasteiger partial charge in [0.25, 0.3) is 5.91 Å². The van der Waals surface area contributed by atoms with Gasteiger partial charge in [-0.15, -0.1) is 0 Å². The fourth-order valence-electron chi connectivity index (χ4n) is 2.65. The molecule has 1 aromatic heterocycles. The van der Waals surface area contributed by atoms with Crippen molar-refractivity contribution in [3.8, 4) is 11.4 Å². The largest absolute Gasteiger partial charge is 0.484 e. The number of para-hydroxylation sites is 1.